The van der Waals surface area contributed by atoms with Crippen LogP contribution in [-0.2, 0) is 14.3 Å². The van der Waals surface area contributed by atoms with Gasteiger partial charge in [-0.25, -0.2) is 4.79 Å². The average molecular weight is 437 g/mol. The van der Waals surface area contributed by atoms with Crippen molar-refractivity contribution in [2.75, 3.05) is 13.2 Å². The van der Waals surface area contributed by atoms with Crippen LogP contribution in [0.3, 0.4) is 0 Å². The summed E-state index contributed by atoms with van der Waals surface area (Å²) in [6.07, 6.45) is 2.78. The van der Waals surface area contributed by atoms with E-state index >= 15 is 0 Å². The maximum Gasteiger partial charge on any atom is 0.345 e. The number of hydrogen-bond donors (Lipinski definition) is 0. The summed E-state index contributed by atoms with van der Waals surface area (Å²) in [6, 6.07) is 5.03. The molecular formula is C16H18ClIO4. The molecular weight excluding hydrogens is 419 g/mol. The van der Waals surface area contributed by atoms with Crippen molar-refractivity contribution >= 4 is 45.9 Å². The Morgan fingerprint density at radius 1 is 1.32 bits per heavy atom. The van der Waals surface area contributed by atoms with Crippen molar-refractivity contribution in [2.24, 2.45) is 0 Å². The third-order valence-corrected chi connectivity index (χ3v) is 3.74. The number of hydrogen-bond acceptors (Lipinski definition) is 4. The van der Waals surface area contributed by atoms with E-state index in [9.17, 15) is 9.59 Å². The standard InChI is InChI=1S/C16H18ClIO4/c1-3-5-8-22-16(20)13(10-21-4-2)15(19)12-9-11(18)6-7-14(12)17/h6-7,9-10H,3-5,8H2,1-2H3/b13-10-. The van der Waals surface area contributed by atoms with E-state index in [4.69, 9.17) is 21.1 Å². The molecule has 0 saturated carbocycles. The van der Waals surface area contributed by atoms with Crippen LogP contribution in [0.25, 0.3) is 0 Å². The Morgan fingerprint density at radius 2 is 2.05 bits per heavy atom. The molecule has 0 radical (unpaired) electrons. The van der Waals surface area contributed by atoms with Crippen LogP contribution in [0.4, 0.5) is 0 Å². The molecule has 1 aromatic rings. The minimum atomic E-state index is -0.693. The van der Waals surface area contributed by atoms with E-state index in [0.29, 0.717) is 6.61 Å². The van der Waals surface area contributed by atoms with Gasteiger partial charge in [0.15, 0.2) is 0 Å². The lowest BCUT2D eigenvalue weighted by molar-refractivity contribution is -0.138. The van der Waals surface area contributed by atoms with E-state index in [-0.39, 0.29) is 22.8 Å². The zero-order chi connectivity index (χ0) is 16.5. The van der Waals surface area contributed by atoms with Crippen molar-refractivity contribution in [1.82, 2.24) is 0 Å². The first kappa shape index (κ1) is 19.0. The SMILES string of the molecule is CCCCOC(=O)/C(=C\OCC)C(=O)c1cc(I)ccc1Cl. The molecule has 0 unspecified atom stereocenters. The van der Waals surface area contributed by atoms with Gasteiger partial charge in [-0.15, -0.1) is 0 Å². The first-order chi connectivity index (χ1) is 10.5. The van der Waals surface area contributed by atoms with Gasteiger partial charge < -0.3 is 9.47 Å². The van der Waals surface area contributed by atoms with Crippen LogP contribution in [0.15, 0.2) is 30.0 Å². The number of Topliss-reactive ketones (excluding diaryl/α,β-unsaturated/α-hetero) is 1. The van der Waals surface area contributed by atoms with Gasteiger partial charge in [-0.3, -0.25) is 4.79 Å². The van der Waals surface area contributed by atoms with Gasteiger partial charge in [-0.2, -0.15) is 0 Å². The van der Waals surface area contributed by atoms with E-state index in [1.807, 2.05) is 6.92 Å². The number of ketones is 1. The summed E-state index contributed by atoms with van der Waals surface area (Å²) in [5.74, 6) is -1.19. The monoisotopic (exact) mass is 436 g/mol. The van der Waals surface area contributed by atoms with Gasteiger partial charge >= 0.3 is 5.97 Å². The van der Waals surface area contributed by atoms with E-state index in [2.05, 4.69) is 22.6 Å². The van der Waals surface area contributed by atoms with Crippen LogP contribution in [-0.4, -0.2) is 25.0 Å². The first-order valence-corrected chi connectivity index (χ1v) is 8.45. The largest absolute Gasteiger partial charge is 0.500 e. The Labute approximate surface area is 149 Å². The maximum absolute atomic E-state index is 12.6. The van der Waals surface area contributed by atoms with Crippen LogP contribution in [0.1, 0.15) is 37.0 Å². The molecule has 0 fully saturated rings. The van der Waals surface area contributed by atoms with E-state index in [0.717, 1.165) is 22.7 Å². The Hall–Kier alpha value is -1.08. The van der Waals surface area contributed by atoms with E-state index in [1.165, 1.54) is 0 Å². The van der Waals surface area contributed by atoms with Crippen molar-refractivity contribution in [3.8, 4) is 0 Å². The third kappa shape index (κ3) is 5.61. The minimum Gasteiger partial charge on any atom is -0.500 e. The normalized spacial score (nSPS) is 11.2. The Balaban J connectivity index is 3.03. The third-order valence-electron chi connectivity index (χ3n) is 2.74. The molecule has 0 spiro atoms. The van der Waals surface area contributed by atoms with E-state index in [1.54, 1.807) is 25.1 Å². The van der Waals surface area contributed by atoms with Crippen molar-refractivity contribution < 1.29 is 19.1 Å². The van der Waals surface area contributed by atoms with Crippen LogP contribution >= 0.6 is 34.2 Å². The number of halogens is 2. The average Bonchev–Trinajstić information content (AvgIpc) is 2.50. The number of rotatable bonds is 8. The fourth-order valence-corrected chi connectivity index (χ4v) is 2.26. The van der Waals surface area contributed by atoms with Gasteiger partial charge in [0.1, 0.15) is 11.8 Å². The molecule has 0 aliphatic rings. The molecule has 120 valence electrons. The van der Waals surface area contributed by atoms with Crippen LogP contribution in [0.2, 0.25) is 5.02 Å². The fourth-order valence-electron chi connectivity index (χ4n) is 1.56. The Bertz CT molecular complexity index is 569. The molecule has 0 amide bonds. The lowest BCUT2D eigenvalue weighted by atomic mass is 10.0. The Morgan fingerprint density at radius 3 is 2.68 bits per heavy atom. The summed E-state index contributed by atoms with van der Waals surface area (Å²) >= 11 is 8.13. The molecule has 0 saturated heterocycles. The molecule has 0 aromatic heterocycles. The van der Waals surface area contributed by atoms with Crippen molar-refractivity contribution in [2.45, 2.75) is 26.7 Å². The number of carbonyl (C=O) groups is 2. The summed E-state index contributed by atoms with van der Waals surface area (Å²) in [7, 11) is 0. The fraction of sp³-hybridized carbons (Fsp3) is 0.375. The zero-order valence-electron chi connectivity index (χ0n) is 12.5. The highest BCUT2D eigenvalue weighted by molar-refractivity contribution is 14.1. The maximum atomic E-state index is 12.6. The van der Waals surface area contributed by atoms with Crippen molar-refractivity contribution in [3.63, 3.8) is 0 Å². The second kappa shape index (κ2) is 9.84. The van der Waals surface area contributed by atoms with Gasteiger partial charge in [0.2, 0.25) is 5.78 Å². The summed E-state index contributed by atoms with van der Waals surface area (Å²) in [5, 5.41) is 0.286. The van der Waals surface area contributed by atoms with Gasteiger partial charge in [0, 0.05) is 9.13 Å². The molecule has 1 aromatic carbocycles. The van der Waals surface area contributed by atoms with Gasteiger partial charge in [0.25, 0.3) is 0 Å². The molecule has 6 heteroatoms. The lowest BCUT2D eigenvalue weighted by Gasteiger charge is -2.09. The molecule has 0 atom stereocenters. The summed E-state index contributed by atoms with van der Waals surface area (Å²) in [5.41, 5.74) is 0.105. The molecule has 0 aliphatic carbocycles. The quantitative estimate of drug-likeness (QED) is 0.0886. The van der Waals surface area contributed by atoms with Crippen LogP contribution in [0, 0.1) is 3.57 Å². The molecule has 4 nitrogen and oxygen atoms in total. The first-order valence-electron chi connectivity index (χ1n) is 6.99. The second-order valence-electron chi connectivity index (χ2n) is 4.43. The molecule has 22 heavy (non-hydrogen) atoms. The number of esters is 1. The minimum absolute atomic E-state index is 0.151. The number of ether oxygens (including phenoxy) is 2. The zero-order valence-corrected chi connectivity index (χ0v) is 15.4. The summed E-state index contributed by atoms with van der Waals surface area (Å²) < 4.78 is 11.1. The highest BCUT2D eigenvalue weighted by Gasteiger charge is 2.24. The van der Waals surface area contributed by atoms with E-state index < -0.39 is 11.8 Å². The highest BCUT2D eigenvalue weighted by atomic mass is 127. The highest BCUT2D eigenvalue weighted by Crippen LogP contribution is 2.22. The predicted octanol–water partition coefficient (Wildman–Crippen LogP) is 4.39. The molecule has 0 bridgehead atoms. The lowest BCUT2D eigenvalue weighted by Crippen LogP contribution is -2.18. The second-order valence-corrected chi connectivity index (χ2v) is 6.08. The van der Waals surface area contributed by atoms with Crippen molar-refractivity contribution in [3.05, 3.63) is 44.2 Å². The topological polar surface area (TPSA) is 52.6 Å². The number of unbranched alkanes of at least 4 members (excludes halogenated alkanes) is 1. The van der Waals surface area contributed by atoms with Gasteiger partial charge in [-0.05, 0) is 54.1 Å². The van der Waals surface area contributed by atoms with Gasteiger partial charge in [-0.1, -0.05) is 24.9 Å². The number of carbonyl (C=O) groups excluding carboxylic acids is 2. The predicted molar refractivity (Wildman–Crippen MR) is 94.1 cm³/mol. The number of benzene rings is 1. The van der Waals surface area contributed by atoms with Crippen LogP contribution < -0.4 is 0 Å². The smallest absolute Gasteiger partial charge is 0.345 e. The summed E-state index contributed by atoms with van der Waals surface area (Å²) in [6.45, 7) is 4.37. The molecule has 1 rings (SSSR count). The van der Waals surface area contributed by atoms with Crippen molar-refractivity contribution in [1.29, 1.82) is 0 Å². The van der Waals surface area contributed by atoms with Crippen LogP contribution in [0.5, 0.6) is 0 Å². The molecule has 0 aliphatic heterocycles. The van der Waals surface area contributed by atoms with Gasteiger partial charge in [0.05, 0.1) is 18.2 Å². The Kier molecular flexibility index (Phi) is 8.48. The molecule has 0 N–H and O–H groups in total. The summed E-state index contributed by atoms with van der Waals surface area (Å²) in [4.78, 5) is 24.7. The molecule has 0 heterocycles.